The Kier molecular flexibility index (Phi) is 4.54. The highest BCUT2D eigenvalue weighted by atomic mass is 16.5. The van der Waals surface area contributed by atoms with Crippen molar-refractivity contribution in [1.29, 1.82) is 0 Å². The van der Waals surface area contributed by atoms with Crippen molar-refractivity contribution < 1.29 is 9.53 Å². The molecule has 2 aromatic carbocycles. The highest BCUT2D eigenvalue weighted by Crippen LogP contribution is 2.32. The van der Waals surface area contributed by atoms with Crippen molar-refractivity contribution >= 4 is 16.8 Å². The molecule has 2 heterocycles. The van der Waals surface area contributed by atoms with Crippen LogP contribution in [0.25, 0.3) is 10.9 Å². The first-order valence-corrected chi connectivity index (χ1v) is 8.78. The highest BCUT2D eigenvalue weighted by molar-refractivity contribution is 6.06. The van der Waals surface area contributed by atoms with Crippen molar-refractivity contribution in [3.8, 4) is 5.75 Å². The van der Waals surface area contributed by atoms with Crippen LogP contribution in [0, 0.1) is 0 Å². The van der Waals surface area contributed by atoms with Crippen LogP contribution in [0.3, 0.4) is 0 Å². The van der Waals surface area contributed by atoms with E-state index in [-0.39, 0.29) is 11.9 Å². The Labute approximate surface area is 152 Å². The minimum atomic E-state index is -0.0701. The molecule has 0 aliphatic carbocycles. The fraction of sp³-hybridized carbons (Fsp3) is 0.238. The molecule has 26 heavy (non-hydrogen) atoms. The van der Waals surface area contributed by atoms with Gasteiger partial charge in [-0.2, -0.15) is 0 Å². The summed E-state index contributed by atoms with van der Waals surface area (Å²) in [5.74, 6) is 0.833. The number of pyridine rings is 1. The lowest BCUT2D eigenvalue weighted by Gasteiger charge is -2.37. The van der Waals surface area contributed by atoms with Crippen LogP contribution >= 0.6 is 0 Å². The molecule has 0 unspecified atom stereocenters. The second-order valence-corrected chi connectivity index (χ2v) is 6.34. The first kappa shape index (κ1) is 16.5. The van der Waals surface area contributed by atoms with E-state index in [4.69, 9.17) is 4.74 Å². The molecule has 132 valence electrons. The van der Waals surface area contributed by atoms with Crippen molar-refractivity contribution in [2.45, 2.75) is 6.04 Å². The summed E-state index contributed by atoms with van der Waals surface area (Å²) in [7, 11) is 1.66. The Balaban J connectivity index is 1.75. The maximum absolute atomic E-state index is 13.4. The van der Waals surface area contributed by atoms with Gasteiger partial charge in [-0.05, 0) is 24.3 Å². The number of ether oxygens (including phenoxy) is 1. The molecule has 5 nitrogen and oxygen atoms in total. The highest BCUT2D eigenvalue weighted by Gasteiger charge is 2.31. The third kappa shape index (κ3) is 2.91. The number of benzene rings is 2. The van der Waals surface area contributed by atoms with Crippen molar-refractivity contribution in [2.24, 2.45) is 0 Å². The third-order valence-corrected chi connectivity index (χ3v) is 4.88. The summed E-state index contributed by atoms with van der Waals surface area (Å²) >= 11 is 0. The minimum Gasteiger partial charge on any atom is -0.496 e. The number of nitrogens with zero attached hydrogens (tertiary/aromatic N) is 2. The van der Waals surface area contributed by atoms with Crippen LogP contribution in [-0.2, 0) is 0 Å². The minimum absolute atomic E-state index is 0.0287. The Bertz CT molecular complexity index is 936. The summed E-state index contributed by atoms with van der Waals surface area (Å²) in [6, 6.07) is 17.4. The van der Waals surface area contributed by atoms with E-state index in [0.29, 0.717) is 18.7 Å². The van der Waals surface area contributed by atoms with Crippen molar-refractivity contribution in [1.82, 2.24) is 15.2 Å². The van der Waals surface area contributed by atoms with E-state index in [1.807, 2.05) is 59.5 Å². The first-order chi connectivity index (χ1) is 12.8. The lowest BCUT2D eigenvalue weighted by molar-refractivity contribution is 0.0633. The number of hydrogen-bond acceptors (Lipinski definition) is 4. The van der Waals surface area contributed by atoms with Gasteiger partial charge in [-0.1, -0.05) is 30.3 Å². The van der Waals surface area contributed by atoms with Crippen LogP contribution in [0.5, 0.6) is 5.75 Å². The molecule has 1 saturated heterocycles. The summed E-state index contributed by atoms with van der Waals surface area (Å²) in [5.41, 5.74) is 2.55. The molecule has 3 aromatic rings. The molecule has 1 aliphatic heterocycles. The van der Waals surface area contributed by atoms with Crippen molar-refractivity contribution in [3.05, 3.63) is 71.9 Å². The molecule has 0 spiro atoms. The van der Waals surface area contributed by atoms with Gasteiger partial charge in [0.1, 0.15) is 5.75 Å². The van der Waals surface area contributed by atoms with Gasteiger partial charge in [-0.3, -0.25) is 9.78 Å². The van der Waals surface area contributed by atoms with Gasteiger partial charge in [0.05, 0.1) is 18.7 Å². The predicted molar refractivity (Wildman–Crippen MR) is 101 cm³/mol. The summed E-state index contributed by atoms with van der Waals surface area (Å²) in [6.45, 7) is 2.13. The first-order valence-electron chi connectivity index (χ1n) is 8.78. The Hall–Kier alpha value is -2.92. The molecular weight excluding hydrogens is 326 g/mol. The van der Waals surface area contributed by atoms with Crippen LogP contribution in [0.1, 0.15) is 22.0 Å². The Morgan fingerprint density at radius 3 is 2.92 bits per heavy atom. The number of carbonyl (C=O) groups excluding carboxylic acids is 1. The number of para-hydroxylation sites is 1. The third-order valence-electron chi connectivity index (χ3n) is 4.88. The van der Waals surface area contributed by atoms with Gasteiger partial charge >= 0.3 is 0 Å². The number of aromatic nitrogens is 1. The Morgan fingerprint density at radius 1 is 1.15 bits per heavy atom. The molecule has 1 fully saturated rings. The van der Waals surface area contributed by atoms with Crippen LogP contribution in [0.15, 0.2) is 60.8 Å². The molecule has 5 heteroatoms. The molecule has 1 aliphatic rings. The number of nitrogens with one attached hydrogen (secondary N) is 1. The van der Waals surface area contributed by atoms with Gasteiger partial charge in [-0.25, -0.2) is 0 Å². The number of fused-ring (bicyclic) bond motifs is 1. The molecule has 0 radical (unpaired) electrons. The van der Waals surface area contributed by atoms with Crippen LogP contribution in [0.2, 0.25) is 0 Å². The number of hydrogen-bond donors (Lipinski definition) is 1. The average molecular weight is 347 g/mol. The van der Waals surface area contributed by atoms with Crippen molar-refractivity contribution in [2.75, 3.05) is 26.7 Å². The maximum Gasteiger partial charge on any atom is 0.255 e. The summed E-state index contributed by atoms with van der Waals surface area (Å²) in [4.78, 5) is 19.7. The summed E-state index contributed by atoms with van der Waals surface area (Å²) < 4.78 is 5.53. The molecule has 4 rings (SSSR count). The van der Waals surface area contributed by atoms with E-state index < -0.39 is 0 Å². The Morgan fingerprint density at radius 2 is 2.04 bits per heavy atom. The number of amides is 1. The fourth-order valence-corrected chi connectivity index (χ4v) is 3.61. The maximum atomic E-state index is 13.4. The van der Waals surface area contributed by atoms with Crippen LogP contribution in [-0.4, -0.2) is 42.5 Å². The lowest BCUT2D eigenvalue weighted by Crippen LogP contribution is -2.48. The van der Waals surface area contributed by atoms with Gasteiger partial charge in [0.25, 0.3) is 5.91 Å². The molecule has 0 saturated carbocycles. The number of methoxy groups -OCH3 is 1. The van der Waals surface area contributed by atoms with Crippen LogP contribution < -0.4 is 10.1 Å². The second-order valence-electron chi connectivity index (χ2n) is 6.34. The van der Waals surface area contributed by atoms with E-state index in [2.05, 4.69) is 10.3 Å². The van der Waals surface area contributed by atoms with Crippen LogP contribution in [0.4, 0.5) is 0 Å². The van der Waals surface area contributed by atoms with E-state index in [1.165, 1.54) is 0 Å². The normalized spacial score (nSPS) is 17.3. The van der Waals surface area contributed by atoms with E-state index in [1.54, 1.807) is 13.3 Å². The SMILES string of the molecule is COc1ccccc1[C@@H]1CNCCN1C(=O)c1cccc2ncccc12. The zero-order chi connectivity index (χ0) is 17.9. The predicted octanol–water partition coefficient (Wildman–Crippen LogP) is 3.03. The van der Waals surface area contributed by atoms with Gasteiger partial charge in [0.15, 0.2) is 0 Å². The number of carbonyl (C=O) groups is 1. The molecule has 0 bridgehead atoms. The fourth-order valence-electron chi connectivity index (χ4n) is 3.61. The molecule has 1 N–H and O–H groups in total. The summed E-state index contributed by atoms with van der Waals surface area (Å²) in [5, 5.41) is 4.28. The molecular formula is C21H21N3O2. The van der Waals surface area contributed by atoms with Gasteiger partial charge in [-0.15, -0.1) is 0 Å². The zero-order valence-electron chi connectivity index (χ0n) is 14.7. The van der Waals surface area contributed by atoms with Gasteiger partial charge < -0.3 is 15.0 Å². The van der Waals surface area contributed by atoms with Gasteiger partial charge in [0, 0.05) is 42.3 Å². The second kappa shape index (κ2) is 7.14. The van der Waals surface area contributed by atoms with Crippen molar-refractivity contribution in [3.63, 3.8) is 0 Å². The lowest BCUT2D eigenvalue weighted by atomic mass is 9.99. The smallest absolute Gasteiger partial charge is 0.255 e. The van der Waals surface area contributed by atoms with E-state index >= 15 is 0 Å². The van der Waals surface area contributed by atoms with E-state index in [9.17, 15) is 4.79 Å². The topological polar surface area (TPSA) is 54.5 Å². The monoisotopic (exact) mass is 347 g/mol. The largest absolute Gasteiger partial charge is 0.496 e. The van der Waals surface area contributed by atoms with Gasteiger partial charge in [0.2, 0.25) is 0 Å². The number of piperazine rings is 1. The van der Waals surface area contributed by atoms with E-state index in [0.717, 1.165) is 28.8 Å². The molecule has 1 aromatic heterocycles. The standard InChI is InChI=1S/C21H21N3O2/c1-26-20-10-3-2-6-17(20)19-14-22-12-13-24(19)21(25)16-7-4-9-18-15(16)8-5-11-23-18/h2-11,19,22H,12-14H2,1H3/t19-/m0/s1. The number of rotatable bonds is 3. The quantitative estimate of drug-likeness (QED) is 0.791. The molecule has 1 amide bonds. The summed E-state index contributed by atoms with van der Waals surface area (Å²) in [6.07, 6.45) is 1.75. The molecule has 1 atom stereocenters. The zero-order valence-corrected chi connectivity index (χ0v) is 14.7. The average Bonchev–Trinajstić information content (AvgIpc) is 2.73.